The lowest BCUT2D eigenvalue weighted by atomic mass is 10.2. The Morgan fingerprint density at radius 1 is 1.39 bits per heavy atom. The summed E-state index contributed by atoms with van der Waals surface area (Å²) >= 11 is 3.27. The van der Waals surface area contributed by atoms with Gasteiger partial charge in [-0.3, -0.25) is 4.68 Å². The molecule has 1 heterocycles. The van der Waals surface area contributed by atoms with Gasteiger partial charge in [-0.05, 0) is 40.2 Å². The van der Waals surface area contributed by atoms with Crippen LogP contribution in [0.1, 0.15) is 18.2 Å². The van der Waals surface area contributed by atoms with Gasteiger partial charge in [-0.1, -0.05) is 19.1 Å². The van der Waals surface area contributed by atoms with Gasteiger partial charge in [0.2, 0.25) is 0 Å². The highest BCUT2D eigenvalue weighted by molar-refractivity contribution is 9.10. The Morgan fingerprint density at radius 2 is 2.22 bits per heavy atom. The van der Waals surface area contributed by atoms with Gasteiger partial charge in [-0.2, -0.15) is 5.10 Å². The van der Waals surface area contributed by atoms with E-state index in [1.165, 1.54) is 6.07 Å². The average molecular weight is 312 g/mol. The van der Waals surface area contributed by atoms with Gasteiger partial charge < -0.3 is 5.32 Å². The third-order valence-corrected chi connectivity index (χ3v) is 3.60. The number of nitrogens with zero attached hydrogens (tertiary/aromatic N) is 2. The van der Waals surface area contributed by atoms with Crippen LogP contribution in [0.5, 0.6) is 0 Å². The molecule has 5 heteroatoms. The zero-order valence-corrected chi connectivity index (χ0v) is 11.7. The van der Waals surface area contributed by atoms with Gasteiger partial charge in [0.15, 0.2) is 0 Å². The largest absolute Gasteiger partial charge is 0.311 e. The molecule has 0 aliphatic heterocycles. The summed E-state index contributed by atoms with van der Waals surface area (Å²) in [5.41, 5.74) is 1.98. The van der Waals surface area contributed by atoms with E-state index in [9.17, 15) is 4.39 Å². The molecule has 1 N–H and O–H groups in total. The third kappa shape index (κ3) is 2.97. The molecule has 0 bridgehead atoms. The van der Waals surface area contributed by atoms with E-state index in [1.54, 1.807) is 12.3 Å². The van der Waals surface area contributed by atoms with Crippen molar-refractivity contribution in [1.29, 1.82) is 0 Å². The summed E-state index contributed by atoms with van der Waals surface area (Å²) in [5, 5.41) is 7.52. The predicted molar refractivity (Wildman–Crippen MR) is 72.8 cm³/mol. The summed E-state index contributed by atoms with van der Waals surface area (Å²) in [6.45, 7) is 4.30. The first kappa shape index (κ1) is 13.2. The van der Waals surface area contributed by atoms with E-state index >= 15 is 0 Å². The van der Waals surface area contributed by atoms with Crippen LogP contribution in [0, 0.1) is 5.82 Å². The Hall–Kier alpha value is -1.20. The van der Waals surface area contributed by atoms with Gasteiger partial charge in [0.25, 0.3) is 0 Å². The minimum Gasteiger partial charge on any atom is -0.311 e. The molecule has 0 saturated heterocycles. The molecule has 0 aliphatic carbocycles. The fourth-order valence-electron chi connectivity index (χ4n) is 1.74. The standard InChI is InChI=1S/C13H15BrFN3/c1-2-16-8-11-6-7-17-18(11)9-10-4-3-5-12(15)13(10)14/h3-7,16H,2,8-9H2,1H3. The van der Waals surface area contributed by atoms with Crippen molar-refractivity contribution in [2.45, 2.75) is 20.0 Å². The van der Waals surface area contributed by atoms with Crippen molar-refractivity contribution >= 4 is 15.9 Å². The van der Waals surface area contributed by atoms with Crippen LogP contribution >= 0.6 is 15.9 Å². The lowest BCUT2D eigenvalue weighted by molar-refractivity contribution is 0.591. The summed E-state index contributed by atoms with van der Waals surface area (Å²) < 4.78 is 15.8. The minimum atomic E-state index is -0.243. The highest BCUT2D eigenvalue weighted by Gasteiger charge is 2.08. The first-order valence-electron chi connectivity index (χ1n) is 5.86. The highest BCUT2D eigenvalue weighted by atomic mass is 79.9. The van der Waals surface area contributed by atoms with Crippen LogP contribution in [0.2, 0.25) is 0 Å². The zero-order valence-electron chi connectivity index (χ0n) is 10.2. The van der Waals surface area contributed by atoms with Crippen molar-refractivity contribution < 1.29 is 4.39 Å². The average Bonchev–Trinajstić information content (AvgIpc) is 2.80. The second-order valence-corrected chi connectivity index (χ2v) is 4.77. The smallest absolute Gasteiger partial charge is 0.137 e. The Labute approximate surface area is 114 Å². The summed E-state index contributed by atoms with van der Waals surface area (Å²) in [6, 6.07) is 7.01. The molecule has 0 aliphatic rings. The van der Waals surface area contributed by atoms with Gasteiger partial charge in [0.05, 0.1) is 16.7 Å². The van der Waals surface area contributed by atoms with Gasteiger partial charge >= 0.3 is 0 Å². The maximum atomic E-state index is 13.4. The molecule has 0 radical (unpaired) electrons. The van der Waals surface area contributed by atoms with Crippen LogP contribution in [0.25, 0.3) is 0 Å². The number of hydrogen-bond acceptors (Lipinski definition) is 2. The minimum absolute atomic E-state index is 0.243. The fraction of sp³-hybridized carbons (Fsp3) is 0.308. The normalized spacial score (nSPS) is 10.8. The van der Waals surface area contributed by atoms with E-state index in [-0.39, 0.29) is 5.82 Å². The Balaban J connectivity index is 2.18. The zero-order chi connectivity index (χ0) is 13.0. The molecule has 2 rings (SSSR count). The number of rotatable bonds is 5. The van der Waals surface area contributed by atoms with Gasteiger partial charge in [0, 0.05) is 12.7 Å². The molecule has 0 fully saturated rings. The van der Waals surface area contributed by atoms with Crippen molar-refractivity contribution in [1.82, 2.24) is 15.1 Å². The van der Waals surface area contributed by atoms with Crippen LogP contribution in [-0.4, -0.2) is 16.3 Å². The fourth-order valence-corrected chi connectivity index (χ4v) is 2.13. The summed E-state index contributed by atoms with van der Waals surface area (Å²) in [7, 11) is 0. The Bertz CT molecular complexity index is 525. The summed E-state index contributed by atoms with van der Waals surface area (Å²) in [4.78, 5) is 0. The molecule has 0 unspecified atom stereocenters. The first-order valence-corrected chi connectivity index (χ1v) is 6.66. The van der Waals surface area contributed by atoms with E-state index in [0.29, 0.717) is 11.0 Å². The van der Waals surface area contributed by atoms with Crippen molar-refractivity contribution in [3.05, 3.63) is 52.0 Å². The third-order valence-electron chi connectivity index (χ3n) is 2.71. The topological polar surface area (TPSA) is 29.9 Å². The molecule has 18 heavy (non-hydrogen) atoms. The number of benzene rings is 1. The number of hydrogen-bond donors (Lipinski definition) is 1. The van der Waals surface area contributed by atoms with Gasteiger partial charge in [-0.25, -0.2) is 4.39 Å². The molecule has 2 aromatic rings. The van der Waals surface area contributed by atoms with Crippen molar-refractivity contribution in [3.63, 3.8) is 0 Å². The van der Waals surface area contributed by atoms with E-state index in [2.05, 4.69) is 33.3 Å². The number of nitrogens with one attached hydrogen (secondary N) is 1. The van der Waals surface area contributed by atoms with E-state index in [1.807, 2.05) is 16.8 Å². The van der Waals surface area contributed by atoms with Crippen LogP contribution < -0.4 is 5.32 Å². The molecular formula is C13H15BrFN3. The van der Waals surface area contributed by atoms with Crippen LogP contribution in [0.15, 0.2) is 34.9 Å². The van der Waals surface area contributed by atoms with Crippen molar-refractivity contribution in [2.24, 2.45) is 0 Å². The van der Waals surface area contributed by atoms with Crippen molar-refractivity contribution in [3.8, 4) is 0 Å². The quantitative estimate of drug-likeness (QED) is 0.920. The lowest BCUT2D eigenvalue weighted by Crippen LogP contribution is -2.16. The van der Waals surface area contributed by atoms with Gasteiger partial charge in [0.1, 0.15) is 5.82 Å². The molecule has 3 nitrogen and oxygen atoms in total. The first-order chi connectivity index (χ1) is 8.72. The Kier molecular flexibility index (Phi) is 4.49. The number of aromatic nitrogens is 2. The van der Waals surface area contributed by atoms with E-state index in [4.69, 9.17) is 0 Å². The maximum Gasteiger partial charge on any atom is 0.137 e. The molecule has 0 saturated carbocycles. The Morgan fingerprint density at radius 3 is 3.00 bits per heavy atom. The van der Waals surface area contributed by atoms with Crippen LogP contribution in [0.3, 0.4) is 0 Å². The molecule has 96 valence electrons. The SMILES string of the molecule is CCNCc1ccnn1Cc1cccc(F)c1Br. The van der Waals surface area contributed by atoms with Crippen LogP contribution in [-0.2, 0) is 13.1 Å². The summed E-state index contributed by atoms with van der Waals surface area (Å²) in [5.74, 6) is -0.243. The summed E-state index contributed by atoms with van der Waals surface area (Å²) in [6.07, 6.45) is 1.76. The molecule has 0 spiro atoms. The predicted octanol–water partition coefficient (Wildman–Crippen LogP) is 2.94. The molecule has 0 atom stereocenters. The lowest BCUT2D eigenvalue weighted by Gasteiger charge is -2.09. The number of halogens is 2. The monoisotopic (exact) mass is 311 g/mol. The van der Waals surface area contributed by atoms with Crippen LogP contribution in [0.4, 0.5) is 4.39 Å². The van der Waals surface area contributed by atoms with E-state index in [0.717, 1.165) is 24.3 Å². The molecular weight excluding hydrogens is 297 g/mol. The molecule has 0 amide bonds. The second kappa shape index (κ2) is 6.11. The second-order valence-electron chi connectivity index (χ2n) is 3.97. The van der Waals surface area contributed by atoms with Gasteiger partial charge in [-0.15, -0.1) is 0 Å². The molecule has 1 aromatic carbocycles. The maximum absolute atomic E-state index is 13.4. The van der Waals surface area contributed by atoms with Crippen molar-refractivity contribution in [2.75, 3.05) is 6.54 Å². The molecule has 1 aromatic heterocycles. The van der Waals surface area contributed by atoms with E-state index < -0.39 is 0 Å². The highest BCUT2D eigenvalue weighted by Crippen LogP contribution is 2.21.